The van der Waals surface area contributed by atoms with Crippen molar-refractivity contribution in [1.29, 1.82) is 0 Å². The van der Waals surface area contributed by atoms with Crippen LogP contribution in [0.15, 0.2) is 63.3 Å². The Labute approximate surface area is 555 Å². The van der Waals surface area contributed by atoms with Crippen LogP contribution in [0.2, 0.25) is 0 Å². The van der Waals surface area contributed by atoms with E-state index in [2.05, 4.69) is 46.7 Å². The van der Waals surface area contributed by atoms with Crippen molar-refractivity contribution in [3.8, 4) is 0 Å². The molecular formula is C72H120O21. The van der Waals surface area contributed by atoms with Gasteiger partial charge in [0.15, 0.2) is 6.10 Å². The molecule has 0 aliphatic rings. The van der Waals surface area contributed by atoms with E-state index in [-0.39, 0.29) is 58.2 Å². The lowest BCUT2D eigenvalue weighted by Crippen LogP contribution is -2.39. The van der Waals surface area contributed by atoms with Crippen molar-refractivity contribution in [3.05, 3.63) is 63.3 Å². The molecule has 0 saturated heterocycles. The Morgan fingerprint density at radius 1 is 0.290 bits per heavy atom. The summed E-state index contributed by atoms with van der Waals surface area (Å²) in [7, 11) is 0. The fourth-order valence-electron chi connectivity index (χ4n) is 10.6. The van der Waals surface area contributed by atoms with Gasteiger partial charge in [0.1, 0.15) is 43.7 Å². The molecule has 0 aromatic carbocycles. The van der Waals surface area contributed by atoms with Crippen molar-refractivity contribution in [2.45, 2.75) is 332 Å². The van der Waals surface area contributed by atoms with Crippen molar-refractivity contribution >= 4 is 47.8 Å². The molecule has 0 aliphatic carbocycles. The van der Waals surface area contributed by atoms with Crippen LogP contribution in [0.25, 0.3) is 0 Å². The number of unbranched alkanes of at least 4 members (excludes halogenated alkanes) is 20. The summed E-state index contributed by atoms with van der Waals surface area (Å²) in [6.07, 6.45) is 17.1. The summed E-state index contributed by atoms with van der Waals surface area (Å²) < 4.78 is 43.9. The van der Waals surface area contributed by atoms with Gasteiger partial charge >= 0.3 is 47.8 Å². The van der Waals surface area contributed by atoms with E-state index in [9.17, 15) is 63.9 Å². The van der Waals surface area contributed by atoms with Gasteiger partial charge in [0.05, 0.1) is 30.5 Å². The smallest absolute Gasteiger partial charge is 0.330 e. The van der Waals surface area contributed by atoms with Crippen LogP contribution in [0.5, 0.6) is 0 Å². The number of carbonyl (C=O) groups excluding carboxylic acids is 8. The molecule has 21 nitrogen and oxygen atoms in total. The quantitative estimate of drug-likeness (QED) is 0.0163. The summed E-state index contributed by atoms with van der Waals surface area (Å²) in [5.74, 6) is -5.14. The molecule has 11 atom stereocenters. The molecule has 0 heterocycles. The van der Waals surface area contributed by atoms with Gasteiger partial charge in [0.25, 0.3) is 0 Å². The second-order valence-electron chi connectivity index (χ2n) is 24.1. The Hall–Kier alpha value is -5.74. The van der Waals surface area contributed by atoms with Crippen molar-refractivity contribution in [2.75, 3.05) is 13.2 Å². The van der Waals surface area contributed by atoms with Gasteiger partial charge in [-0.05, 0) is 89.9 Å². The molecule has 0 fully saturated rings. The first kappa shape index (κ1) is 87.3. The number of hydrogen-bond acceptors (Lipinski definition) is 21. The molecule has 93 heavy (non-hydrogen) atoms. The van der Waals surface area contributed by atoms with E-state index in [0.29, 0.717) is 103 Å². The second-order valence-corrected chi connectivity index (χ2v) is 24.1. The van der Waals surface area contributed by atoms with Crippen LogP contribution in [0.3, 0.4) is 0 Å². The highest BCUT2D eigenvalue weighted by Gasteiger charge is 2.32. The standard InChI is InChI=1S/C72H120O21/c1-9-17-19-21-26-32-41-55(73)61(90-66(79)13-5)43-35-28-24-30-38-47-71(84)87-53-54(88-72(85)48-39-31-36-45-63(92-68(81)15-7)59(77)51-58(76)62(91-67(80)14-6)44-34-25-20-18-10-2)52-86-70(83)46-37-29-23-22-27-33-42-56(74)64(93-69(82)16-8)50-49-57(75)60(40-11-3)89-65(78)12-4/h12-16,54-64,73-77H,4-11,17-53H2,1-3H3. The molecule has 5 N–H and O–H groups in total. The summed E-state index contributed by atoms with van der Waals surface area (Å²) in [6, 6.07) is 0. The first-order valence-corrected chi connectivity index (χ1v) is 34.8. The minimum Gasteiger partial charge on any atom is -0.462 e. The van der Waals surface area contributed by atoms with E-state index in [0.717, 1.165) is 120 Å². The molecule has 534 valence electrons. The Morgan fingerprint density at radius 3 is 0.903 bits per heavy atom. The van der Waals surface area contributed by atoms with Crippen molar-refractivity contribution in [1.82, 2.24) is 0 Å². The zero-order chi connectivity index (χ0) is 69.4. The third-order valence-corrected chi connectivity index (χ3v) is 16.1. The van der Waals surface area contributed by atoms with E-state index >= 15 is 0 Å². The molecule has 0 aromatic heterocycles. The lowest BCUT2D eigenvalue weighted by atomic mass is 9.96. The first-order chi connectivity index (χ1) is 44.7. The van der Waals surface area contributed by atoms with Gasteiger partial charge in [-0.25, -0.2) is 24.0 Å². The Balaban J connectivity index is 5.57. The molecular weight excluding hydrogens is 1200 g/mol. The zero-order valence-corrected chi connectivity index (χ0v) is 56.8. The Morgan fingerprint density at radius 2 is 0.559 bits per heavy atom. The average Bonchev–Trinajstić information content (AvgIpc) is 2.69. The highest BCUT2D eigenvalue weighted by molar-refractivity contribution is 5.83. The van der Waals surface area contributed by atoms with Crippen molar-refractivity contribution < 1.29 is 102 Å². The minimum atomic E-state index is -1.33. The lowest BCUT2D eigenvalue weighted by molar-refractivity contribution is -0.167. The molecule has 0 spiro atoms. The maximum Gasteiger partial charge on any atom is 0.330 e. The summed E-state index contributed by atoms with van der Waals surface area (Å²) in [4.78, 5) is 99.6. The van der Waals surface area contributed by atoms with Crippen LogP contribution in [0.4, 0.5) is 0 Å². The van der Waals surface area contributed by atoms with Gasteiger partial charge in [0.2, 0.25) is 0 Å². The maximum absolute atomic E-state index is 13.3. The molecule has 11 unspecified atom stereocenters. The normalized spacial score (nSPS) is 14.8. The van der Waals surface area contributed by atoms with Crippen LogP contribution in [0.1, 0.15) is 265 Å². The number of esters is 8. The van der Waals surface area contributed by atoms with Gasteiger partial charge in [-0.15, -0.1) is 0 Å². The van der Waals surface area contributed by atoms with Crippen LogP contribution in [0, 0.1) is 0 Å². The molecule has 0 bridgehead atoms. The summed E-state index contributed by atoms with van der Waals surface area (Å²) in [5, 5.41) is 54.9. The monoisotopic (exact) mass is 1320 g/mol. The fraction of sp³-hybridized carbons (Fsp3) is 0.750. The van der Waals surface area contributed by atoms with E-state index in [1.807, 2.05) is 6.92 Å². The molecule has 0 aliphatic heterocycles. The number of aliphatic hydroxyl groups is 5. The molecule has 0 aromatic rings. The van der Waals surface area contributed by atoms with Crippen LogP contribution < -0.4 is 0 Å². The second kappa shape index (κ2) is 57.7. The number of hydrogen-bond donors (Lipinski definition) is 5. The van der Waals surface area contributed by atoms with Gasteiger partial charge in [0, 0.05) is 56.1 Å². The average molecular weight is 1320 g/mol. The highest BCUT2D eigenvalue weighted by atomic mass is 16.6. The molecule has 0 radical (unpaired) electrons. The first-order valence-electron chi connectivity index (χ1n) is 34.8. The van der Waals surface area contributed by atoms with Gasteiger partial charge in [-0.2, -0.15) is 0 Å². The number of aliphatic hydroxyl groups excluding tert-OH is 5. The molecule has 0 amide bonds. The predicted molar refractivity (Wildman–Crippen MR) is 355 cm³/mol. The van der Waals surface area contributed by atoms with E-state index in [1.165, 1.54) is 6.42 Å². The summed E-state index contributed by atoms with van der Waals surface area (Å²) in [6.45, 7) is 22.6. The van der Waals surface area contributed by atoms with Crippen LogP contribution in [-0.4, -0.2) is 154 Å². The summed E-state index contributed by atoms with van der Waals surface area (Å²) in [5.41, 5.74) is 0. The molecule has 0 saturated carbocycles. The van der Waals surface area contributed by atoms with Crippen molar-refractivity contribution in [3.63, 3.8) is 0 Å². The Bertz CT molecular complexity index is 2090. The topological polar surface area (TPSA) is 312 Å². The van der Waals surface area contributed by atoms with E-state index < -0.39 is 115 Å². The SMILES string of the molecule is C=CC(=O)OC(CCC)C(O)CCC(OC(=O)C=C)C(O)CCCCCCCCC(=O)OCC(COC(=O)CCCCCCCC(OC(=O)C=C)C(O)CCCCCCCC)OC(=O)CCCCCC(OC(=O)C=C)C(O)CC(O)C(CCCCCCC)OC(=O)C=C. The predicted octanol–water partition coefficient (Wildman–Crippen LogP) is 12.2. The van der Waals surface area contributed by atoms with Crippen molar-refractivity contribution in [2.24, 2.45) is 0 Å². The highest BCUT2D eigenvalue weighted by Crippen LogP contribution is 2.24. The largest absolute Gasteiger partial charge is 0.462 e. The maximum atomic E-state index is 13.3. The molecule has 0 rings (SSSR count). The summed E-state index contributed by atoms with van der Waals surface area (Å²) >= 11 is 0. The third kappa shape index (κ3) is 46.9. The van der Waals surface area contributed by atoms with Gasteiger partial charge in [-0.3, -0.25) is 14.4 Å². The van der Waals surface area contributed by atoms with E-state index in [4.69, 9.17) is 37.9 Å². The zero-order valence-electron chi connectivity index (χ0n) is 56.8. The number of rotatable bonds is 63. The van der Waals surface area contributed by atoms with E-state index in [1.54, 1.807) is 0 Å². The van der Waals surface area contributed by atoms with Gasteiger partial charge in [-0.1, -0.05) is 182 Å². The number of ether oxygens (including phenoxy) is 8. The Kier molecular flexibility index (Phi) is 54.1. The molecule has 21 heteroatoms. The van der Waals surface area contributed by atoms with Crippen LogP contribution in [-0.2, 0) is 76.3 Å². The lowest BCUT2D eigenvalue weighted by Gasteiger charge is -2.28. The fourth-order valence-corrected chi connectivity index (χ4v) is 10.6. The number of carbonyl (C=O) groups is 8. The van der Waals surface area contributed by atoms with Gasteiger partial charge < -0.3 is 63.4 Å². The van der Waals surface area contributed by atoms with Crippen LogP contribution >= 0.6 is 0 Å². The minimum absolute atomic E-state index is 0.0660. The third-order valence-electron chi connectivity index (χ3n) is 16.1.